The Morgan fingerprint density at radius 1 is 1.38 bits per heavy atom. The van der Waals surface area contributed by atoms with Gasteiger partial charge in [0.05, 0.1) is 0 Å². The smallest absolute Gasteiger partial charge is 0.328 e. The molecule has 0 saturated carbocycles. The van der Waals surface area contributed by atoms with E-state index in [0.29, 0.717) is 12.2 Å². The first-order valence-corrected chi connectivity index (χ1v) is 5.09. The van der Waals surface area contributed by atoms with E-state index in [4.69, 9.17) is 9.84 Å². The maximum atomic E-state index is 10.4. The molecular weight excluding hydrogens is 204 g/mol. The Labute approximate surface area is 95.4 Å². The molecule has 3 nitrogen and oxygen atoms in total. The average molecular weight is 220 g/mol. The topological polar surface area (TPSA) is 46.5 Å². The van der Waals surface area contributed by atoms with Gasteiger partial charge in [-0.2, -0.15) is 0 Å². The molecule has 16 heavy (non-hydrogen) atoms. The summed E-state index contributed by atoms with van der Waals surface area (Å²) in [5, 5.41) is 8.53. The van der Waals surface area contributed by atoms with Crippen LogP contribution in [0.25, 0.3) is 0 Å². The van der Waals surface area contributed by atoms with Crippen LogP contribution < -0.4 is 4.74 Å². The molecular formula is C13H16O3. The molecule has 0 heterocycles. The monoisotopic (exact) mass is 220 g/mol. The van der Waals surface area contributed by atoms with Crippen LogP contribution in [0.3, 0.4) is 0 Å². The molecule has 0 aliphatic carbocycles. The lowest BCUT2D eigenvalue weighted by atomic mass is 10.1. The molecule has 0 radical (unpaired) electrons. The minimum atomic E-state index is -0.943. The van der Waals surface area contributed by atoms with Gasteiger partial charge < -0.3 is 9.84 Å². The number of carboxylic acids is 1. The van der Waals surface area contributed by atoms with Crippen LogP contribution in [0.4, 0.5) is 0 Å². The summed E-state index contributed by atoms with van der Waals surface area (Å²) in [6.07, 6.45) is 1.15. The Morgan fingerprint density at radius 2 is 2.06 bits per heavy atom. The molecule has 1 N–H and O–H groups in total. The molecule has 0 saturated heterocycles. The molecule has 0 fully saturated rings. The zero-order valence-corrected chi connectivity index (χ0v) is 9.78. The fraction of sp³-hybridized carbons (Fsp3) is 0.308. The quantitative estimate of drug-likeness (QED) is 0.793. The van der Waals surface area contributed by atoms with Gasteiger partial charge in [0.1, 0.15) is 12.4 Å². The van der Waals surface area contributed by atoms with E-state index in [1.54, 1.807) is 6.92 Å². The number of benzene rings is 1. The molecule has 0 aliphatic rings. The molecule has 0 atom stereocenters. The Hall–Kier alpha value is -1.77. The number of carbonyl (C=O) groups is 1. The molecule has 0 aliphatic heterocycles. The first-order chi connectivity index (χ1) is 7.49. The molecule has 3 heteroatoms. The van der Waals surface area contributed by atoms with Crippen molar-refractivity contribution in [1.82, 2.24) is 0 Å². The Bertz CT molecular complexity index is 419. The van der Waals surface area contributed by atoms with E-state index in [1.165, 1.54) is 5.56 Å². The molecule has 1 aromatic rings. The average Bonchev–Trinajstić information content (AvgIpc) is 2.19. The van der Waals surface area contributed by atoms with E-state index >= 15 is 0 Å². The number of carboxylic acid groups (broad SMARTS) is 1. The predicted octanol–water partition coefficient (Wildman–Crippen LogP) is 2.71. The van der Waals surface area contributed by atoms with Crippen molar-refractivity contribution < 1.29 is 14.6 Å². The highest BCUT2D eigenvalue weighted by Crippen LogP contribution is 2.16. The highest BCUT2D eigenvalue weighted by Gasteiger charge is 1.99. The third-order valence-electron chi connectivity index (χ3n) is 2.31. The van der Waals surface area contributed by atoms with Gasteiger partial charge in [-0.15, -0.1) is 0 Å². The predicted molar refractivity (Wildman–Crippen MR) is 62.8 cm³/mol. The Balaban J connectivity index is 2.61. The summed E-state index contributed by atoms with van der Waals surface area (Å²) < 4.78 is 5.47. The Kier molecular flexibility index (Phi) is 4.11. The van der Waals surface area contributed by atoms with Crippen LogP contribution in [-0.2, 0) is 4.79 Å². The SMILES string of the molecule is CC(=CC(=O)O)COc1ccc(C)c(C)c1. The number of aryl methyl sites for hydroxylation is 2. The number of aliphatic carboxylic acids is 1. The second-order valence-corrected chi connectivity index (χ2v) is 3.86. The van der Waals surface area contributed by atoms with Gasteiger partial charge in [0.25, 0.3) is 0 Å². The highest BCUT2D eigenvalue weighted by atomic mass is 16.5. The molecule has 0 bridgehead atoms. The molecule has 1 aromatic carbocycles. The first-order valence-electron chi connectivity index (χ1n) is 5.09. The van der Waals surface area contributed by atoms with E-state index in [9.17, 15) is 4.79 Å². The third kappa shape index (κ3) is 3.77. The minimum Gasteiger partial charge on any atom is -0.489 e. The van der Waals surface area contributed by atoms with Crippen LogP contribution in [0.5, 0.6) is 5.75 Å². The lowest BCUT2D eigenvalue weighted by Gasteiger charge is -2.08. The third-order valence-corrected chi connectivity index (χ3v) is 2.31. The van der Waals surface area contributed by atoms with Crippen molar-refractivity contribution in [2.45, 2.75) is 20.8 Å². The van der Waals surface area contributed by atoms with E-state index in [-0.39, 0.29) is 0 Å². The van der Waals surface area contributed by atoms with Crippen LogP contribution in [0.15, 0.2) is 29.8 Å². The number of rotatable bonds is 4. The van der Waals surface area contributed by atoms with Crippen molar-refractivity contribution in [1.29, 1.82) is 0 Å². The van der Waals surface area contributed by atoms with E-state index in [0.717, 1.165) is 17.4 Å². The number of hydrogen-bond acceptors (Lipinski definition) is 2. The lowest BCUT2D eigenvalue weighted by molar-refractivity contribution is -0.131. The molecule has 0 aromatic heterocycles. The van der Waals surface area contributed by atoms with Crippen LogP contribution in [0.1, 0.15) is 18.1 Å². The van der Waals surface area contributed by atoms with Crippen LogP contribution in [-0.4, -0.2) is 17.7 Å². The summed E-state index contributed by atoms with van der Waals surface area (Å²) in [6, 6.07) is 5.82. The lowest BCUT2D eigenvalue weighted by Crippen LogP contribution is -2.01. The highest BCUT2D eigenvalue weighted by molar-refractivity contribution is 5.80. The zero-order chi connectivity index (χ0) is 12.1. The minimum absolute atomic E-state index is 0.300. The number of hydrogen-bond donors (Lipinski definition) is 1. The van der Waals surface area contributed by atoms with Gasteiger partial charge in [0.15, 0.2) is 0 Å². The van der Waals surface area contributed by atoms with E-state index in [2.05, 4.69) is 0 Å². The molecule has 0 amide bonds. The van der Waals surface area contributed by atoms with Crippen molar-refractivity contribution in [3.8, 4) is 5.75 Å². The van der Waals surface area contributed by atoms with Gasteiger partial charge in [0.2, 0.25) is 0 Å². The van der Waals surface area contributed by atoms with Crippen molar-refractivity contribution in [3.63, 3.8) is 0 Å². The Morgan fingerprint density at radius 3 is 2.62 bits per heavy atom. The summed E-state index contributed by atoms with van der Waals surface area (Å²) in [4.78, 5) is 10.4. The molecule has 0 unspecified atom stereocenters. The fourth-order valence-electron chi connectivity index (χ4n) is 1.25. The standard InChI is InChI=1S/C13H16O3/c1-9(6-13(14)15)8-16-12-5-4-10(2)11(3)7-12/h4-7H,8H2,1-3H3,(H,14,15). The van der Waals surface area contributed by atoms with E-state index in [1.807, 2.05) is 32.0 Å². The molecule has 86 valence electrons. The van der Waals surface area contributed by atoms with Gasteiger partial charge in [-0.3, -0.25) is 0 Å². The van der Waals surface area contributed by atoms with Gasteiger partial charge in [-0.1, -0.05) is 6.07 Å². The summed E-state index contributed by atoms with van der Waals surface area (Å²) >= 11 is 0. The fourth-order valence-corrected chi connectivity index (χ4v) is 1.25. The molecule has 1 rings (SSSR count). The van der Waals surface area contributed by atoms with Gasteiger partial charge >= 0.3 is 5.97 Å². The van der Waals surface area contributed by atoms with Crippen LogP contribution >= 0.6 is 0 Å². The largest absolute Gasteiger partial charge is 0.489 e. The van der Waals surface area contributed by atoms with Gasteiger partial charge in [-0.05, 0) is 49.6 Å². The van der Waals surface area contributed by atoms with Crippen LogP contribution in [0.2, 0.25) is 0 Å². The summed E-state index contributed by atoms with van der Waals surface area (Å²) in [7, 11) is 0. The van der Waals surface area contributed by atoms with Crippen molar-refractivity contribution in [2.75, 3.05) is 6.61 Å². The maximum Gasteiger partial charge on any atom is 0.328 e. The summed E-state index contributed by atoms with van der Waals surface area (Å²) in [5.74, 6) is -0.178. The van der Waals surface area contributed by atoms with Gasteiger partial charge in [0, 0.05) is 6.08 Å². The second-order valence-electron chi connectivity index (χ2n) is 3.86. The number of ether oxygens (including phenoxy) is 1. The van der Waals surface area contributed by atoms with E-state index < -0.39 is 5.97 Å². The zero-order valence-electron chi connectivity index (χ0n) is 9.78. The second kappa shape index (κ2) is 5.35. The maximum absolute atomic E-state index is 10.4. The van der Waals surface area contributed by atoms with Crippen LogP contribution in [0, 0.1) is 13.8 Å². The van der Waals surface area contributed by atoms with Crippen molar-refractivity contribution in [3.05, 3.63) is 41.0 Å². The molecule has 0 spiro atoms. The summed E-state index contributed by atoms with van der Waals surface area (Å²) in [6.45, 7) is 6.08. The van der Waals surface area contributed by atoms with Crippen molar-refractivity contribution in [2.24, 2.45) is 0 Å². The normalized spacial score (nSPS) is 11.3. The van der Waals surface area contributed by atoms with Crippen molar-refractivity contribution >= 4 is 5.97 Å². The summed E-state index contributed by atoms with van der Waals surface area (Å²) in [5.41, 5.74) is 3.06. The first kappa shape index (κ1) is 12.3. The van der Waals surface area contributed by atoms with Gasteiger partial charge in [-0.25, -0.2) is 4.79 Å².